The van der Waals surface area contributed by atoms with Crippen LogP contribution in [0.2, 0.25) is 0 Å². The largest absolute Gasteiger partial charge is 0.339 e. The third-order valence-corrected chi connectivity index (χ3v) is 2.94. The minimum absolute atomic E-state index is 0. The molecular formula is C15H14ClN3. The highest BCUT2D eigenvalue weighted by Gasteiger charge is 2.04. The van der Waals surface area contributed by atoms with Gasteiger partial charge >= 0.3 is 0 Å². The Hall–Kier alpha value is -2.13. The average molecular weight is 272 g/mol. The molecule has 1 aromatic heterocycles. The molecule has 0 aliphatic rings. The molecule has 4 heteroatoms. The first kappa shape index (κ1) is 13.3. The molecule has 0 atom stereocenters. The lowest BCUT2D eigenvalue weighted by atomic mass is 10.2. The number of hydrogen-bond donors (Lipinski definition) is 1. The van der Waals surface area contributed by atoms with Gasteiger partial charge in [-0.3, -0.25) is 0 Å². The van der Waals surface area contributed by atoms with Crippen molar-refractivity contribution in [2.75, 3.05) is 5.32 Å². The lowest BCUT2D eigenvalue weighted by Gasteiger charge is -2.10. The first-order valence-electron chi connectivity index (χ1n) is 5.87. The van der Waals surface area contributed by atoms with Crippen molar-refractivity contribution in [3.63, 3.8) is 0 Å². The van der Waals surface area contributed by atoms with Gasteiger partial charge in [-0.05, 0) is 30.7 Å². The van der Waals surface area contributed by atoms with E-state index in [-0.39, 0.29) is 12.4 Å². The molecule has 0 saturated carbocycles. The molecule has 1 heterocycles. The van der Waals surface area contributed by atoms with Gasteiger partial charge in [0.05, 0.1) is 5.52 Å². The van der Waals surface area contributed by atoms with Crippen LogP contribution in [0.25, 0.3) is 10.9 Å². The third kappa shape index (κ3) is 2.66. The van der Waals surface area contributed by atoms with E-state index in [1.165, 1.54) is 5.56 Å². The van der Waals surface area contributed by atoms with E-state index in [4.69, 9.17) is 0 Å². The van der Waals surface area contributed by atoms with Crippen molar-refractivity contribution in [1.29, 1.82) is 0 Å². The van der Waals surface area contributed by atoms with Gasteiger partial charge < -0.3 is 5.32 Å². The highest BCUT2D eigenvalue weighted by molar-refractivity contribution is 5.90. The molecular weight excluding hydrogens is 258 g/mol. The summed E-state index contributed by atoms with van der Waals surface area (Å²) < 4.78 is 0. The summed E-state index contributed by atoms with van der Waals surface area (Å²) in [5.74, 6) is 0.843. The Morgan fingerprint density at radius 2 is 1.63 bits per heavy atom. The molecule has 19 heavy (non-hydrogen) atoms. The van der Waals surface area contributed by atoms with E-state index in [0.717, 1.165) is 22.4 Å². The summed E-state index contributed by atoms with van der Waals surface area (Å²) in [6, 6.07) is 16.1. The number of benzene rings is 2. The predicted molar refractivity (Wildman–Crippen MR) is 81.2 cm³/mol. The molecule has 96 valence electrons. The maximum absolute atomic E-state index is 4.32. The number of rotatable bonds is 2. The molecule has 3 nitrogen and oxygen atoms in total. The summed E-state index contributed by atoms with van der Waals surface area (Å²) in [7, 11) is 0. The number of aryl methyl sites for hydroxylation is 1. The van der Waals surface area contributed by atoms with Crippen molar-refractivity contribution < 1.29 is 0 Å². The van der Waals surface area contributed by atoms with Crippen LogP contribution in [-0.4, -0.2) is 9.97 Å². The van der Waals surface area contributed by atoms with E-state index in [1.807, 2.05) is 42.5 Å². The van der Waals surface area contributed by atoms with Crippen molar-refractivity contribution in [1.82, 2.24) is 9.97 Å². The third-order valence-electron chi connectivity index (χ3n) is 2.94. The molecule has 1 N–H and O–H groups in total. The molecule has 0 unspecified atom stereocenters. The van der Waals surface area contributed by atoms with Crippen LogP contribution in [0.15, 0.2) is 54.9 Å². The summed E-state index contributed by atoms with van der Waals surface area (Å²) in [6.45, 7) is 2.08. The Kier molecular flexibility index (Phi) is 3.97. The van der Waals surface area contributed by atoms with Crippen molar-refractivity contribution >= 4 is 34.8 Å². The van der Waals surface area contributed by atoms with Gasteiger partial charge in [-0.1, -0.05) is 30.3 Å². The van der Waals surface area contributed by atoms with Crippen LogP contribution in [0.3, 0.4) is 0 Å². The molecule has 2 aromatic carbocycles. The zero-order valence-electron chi connectivity index (χ0n) is 10.5. The van der Waals surface area contributed by atoms with Crippen LogP contribution in [0, 0.1) is 6.92 Å². The van der Waals surface area contributed by atoms with Crippen LogP contribution in [0.5, 0.6) is 0 Å². The molecule has 3 rings (SSSR count). The summed E-state index contributed by atoms with van der Waals surface area (Å²) in [6.07, 6.45) is 1.59. The monoisotopic (exact) mass is 271 g/mol. The molecule has 0 amide bonds. The maximum Gasteiger partial charge on any atom is 0.141 e. The van der Waals surface area contributed by atoms with E-state index in [0.29, 0.717) is 0 Å². The standard InChI is InChI=1S/C15H13N3.ClH/c1-11-6-2-4-8-13(11)18-15-12-7-3-5-9-14(12)16-10-17-15;/h2-10H,1H3,(H,16,17,18);1H. The topological polar surface area (TPSA) is 37.8 Å². The summed E-state index contributed by atoms with van der Waals surface area (Å²) in [4.78, 5) is 8.58. The summed E-state index contributed by atoms with van der Waals surface area (Å²) >= 11 is 0. The summed E-state index contributed by atoms with van der Waals surface area (Å²) in [5.41, 5.74) is 3.21. The highest BCUT2D eigenvalue weighted by atomic mass is 35.5. The number of nitrogens with zero attached hydrogens (tertiary/aromatic N) is 2. The quantitative estimate of drug-likeness (QED) is 0.762. The van der Waals surface area contributed by atoms with Gasteiger partial charge in [0, 0.05) is 11.1 Å². The summed E-state index contributed by atoms with van der Waals surface area (Å²) in [5, 5.41) is 4.39. The van der Waals surface area contributed by atoms with Gasteiger partial charge in [0.15, 0.2) is 0 Å². The molecule has 0 bridgehead atoms. The molecule has 0 aliphatic heterocycles. The Balaban J connectivity index is 0.00000133. The normalized spacial score (nSPS) is 9.95. The molecule has 0 saturated heterocycles. The van der Waals surface area contributed by atoms with Crippen LogP contribution >= 0.6 is 12.4 Å². The zero-order chi connectivity index (χ0) is 12.4. The van der Waals surface area contributed by atoms with E-state index >= 15 is 0 Å². The van der Waals surface area contributed by atoms with Gasteiger partial charge in [0.25, 0.3) is 0 Å². The van der Waals surface area contributed by atoms with E-state index in [1.54, 1.807) is 6.33 Å². The van der Waals surface area contributed by atoms with Crippen LogP contribution in [0.4, 0.5) is 11.5 Å². The van der Waals surface area contributed by atoms with E-state index in [2.05, 4.69) is 28.3 Å². The fraction of sp³-hybridized carbons (Fsp3) is 0.0667. The molecule has 0 fully saturated rings. The van der Waals surface area contributed by atoms with Crippen LogP contribution in [-0.2, 0) is 0 Å². The number of halogens is 1. The number of para-hydroxylation sites is 2. The van der Waals surface area contributed by atoms with Crippen LogP contribution in [0.1, 0.15) is 5.56 Å². The van der Waals surface area contributed by atoms with Gasteiger partial charge in [0.1, 0.15) is 12.1 Å². The van der Waals surface area contributed by atoms with Gasteiger partial charge in [0.2, 0.25) is 0 Å². The minimum atomic E-state index is 0. The molecule has 0 radical (unpaired) electrons. The van der Waals surface area contributed by atoms with Crippen molar-refractivity contribution in [2.24, 2.45) is 0 Å². The number of fused-ring (bicyclic) bond motifs is 1. The van der Waals surface area contributed by atoms with E-state index in [9.17, 15) is 0 Å². The van der Waals surface area contributed by atoms with Gasteiger partial charge in [-0.25, -0.2) is 9.97 Å². The van der Waals surface area contributed by atoms with Gasteiger partial charge in [-0.2, -0.15) is 0 Å². The number of aromatic nitrogens is 2. The van der Waals surface area contributed by atoms with Crippen LogP contribution < -0.4 is 5.32 Å². The minimum Gasteiger partial charge on any atom is -0.339 e. The van der Waals surface area contributed by atoms with Crippen molar-refractivity contribution in [2.45, 2.75) is 6.92 Å². The first-order chi connectivity index (χ1) is 8.84. The zero-order valence-corrected chi connectivity index (χ0v) is 11.3. The Labute approximate surface area is 118 Å². The fourth-order valence-electron chi connectivity index (χ4n) is 1.95. The maximum atomic E-state index is 4.32. The van der Waals surface area contributed by atoms with E-state index < -0.39 is 0 Å². The second-order valence-corrected chi connectivity index (χ2v) is 4.18. The Bertz CT molecular complexity index is 692. The van der Waals surface area contributed by atoms with Gasteiger partial charge in [-0.15, -0.1) is 12.4 Å². The second-order valence-electron chi connectivity index (χ2n) is 4.18. The predicted octanol–water partition coefficient (Wildman–Crippen LogP) is 4.10. The van der Waals surface area contributed by atoms with Crippen molar-refractivity contribution in [3.05, 3.63) is 60.4 Å². The smallest absolute Gasteiger partial charge is 0.141 e. The average Bonchev–Trinajstić information content (AvgIpc) is 2.42. The Morgan fingerprint density at radius 1 is 0.895 bits per heavy atom. The lowest BCUT2D eigenvalue weighted by molar-refractivity contribution is 1.21. The number of hydrogen-bond acceptors (Lipinski definition) is 3. The number of anilines is 2. The van der Waals surface area contributed by atoms with Crippen molar-refractivity contribution in [3.8, 4) is 0 Å². The lowest BCUT2D eigenvalue weighted by Crippen LogP contribution is -1.97. The Morgan fingerprint density at radius 3 is 2.47 bits per heavy atom. The molecule has 3 aromatic rings. The first-order valence-corrected chi connectivity index (χ1v) is 5.87. The fourth-order valence-corrected chi connectivity index (χ4v) is 1.95. The highest BCUT2D eigenvalue weighted by Crippen LogP contribution is 2.24. The SMILES string of the molecule is Cc1ccccc1Nc1ncnc2ccccc12.Cl. The molecule has 0 spiro atoms. The number of nitrogens with one attached hydrogen (secondary N) is 1. The second kappa shape index (κ2) is 5.67. The molecule has 0 aliphatic carbocycles.